The van der Waals surface area contributed by atoms with E-state index in [1.54, 1.807) is 10.7 Å². The zero-order chi connectivity index (χ0) is 13.2. The maximum Gasteiger partial charge on any atom is 0.184 e. The molecule has 0 saturated heterocycles. The van der Waals surface area contributed by atoms with Gasteiger partial charge >= 0.3 is 0 Å². The zero-order valence-corrected chi connectivity index (χ0v) is 10.6. The molecular formula is C13H16FN5. The molecule has 1 aromatic carbocycles. The molecule has 1 aromatic heterocycles. The first kappa shape index (κ1) is 12.1. The van der Waals surface area contributed by atoms with Crippen molar-refractivity contribution in [3.05, 3.63) is 24.0 Å². The summed E-state index contributed by atoms with van der Waals surface area (Å²) in [7, 11) is 0. The van der Waals surface area contributed by atoms with Crippen LogP contribution in [0.2, 0.25) is 0 Å². The van der Waals surface area contributed by atoms with Crippen LogP contribution < -0.4 is 5.73 Å². The second-order valence-electron chi connectivity index (χ2n) is 5.07. The summed E-state index contributed by atoms with van der Waals surface area (Å²) in [6.07, 6.45) is 5.00. The van der Waals surface area contributed by atoms with E-state index in [1.165, 1.54) is 37.8 Å². The van der Waals surface area contributed by atoms with Crippen LogP contribution in [0, 0.1) is 11.7 Å². The maximum absolute atomic E-state index is 13.1. The number of anilines is 1. The van der Waals surface area contributed by atoms with Crippen molar-refractivity contribution < 1.29 is 4.39 Å². The van der Waals surface area contributed by atoms with E-state index in [-0.39, 0.29) is 5.82 Å². The first-order valence-electron chi connectivity index (χ1n) is 6.55. The average molecular weight is 261 g/mol. The van der Waals surface area contributed by atoms with Crippen LogP contribution in [0.4, 0.5) is 10.1 Å². The van der Waals surface area contributed by atoms with Crippen LogP contribution >= 0.6 is 0 Å². The van der Waals surface area contributed by atoms with Gasteiger partial charge in [0.2, 0.25) is 0 Å². The number of tetrazole rings is 1. The van der Waals surface area contributed by atoms with Gasteiger partial charge in [0.25, 0.3) is 0 Å². The molecule has 19 heavy (non-hydrogen) atoms. The lowest BCUT2D eigenvalue weighted by molar-refractivity contribution is 0.424. The standard InChI is InChI=1S/C13H16FN5/c14-10-5-6-11(12(15)7-10)13-16-17-18-19(13)8-9-3-1-2-4-9/h5-7,9H,1-4,8,15H2. The monoisotopic (exact) mass is 261 g/mol. The Morgan fingerprint density at radius 1 is 1.32 bits per heavy atom. The molecule has 1 aliphatic carbocycles. The van der Waals surface area contributed by atoms with Crippen molar-refractivity contribution in [3.63, 3.8) is 0 Å². The minimum atomic E-state index is -0.351. The van der Waals surface area contributed by atoms with E-state index in [1.807, 2.05) is 0 Å². The molecule has 1 aliphatic rings. The molecule has 0 aliphatic heterocycles. The van der Waals surface area contributed by atoms with Crippen molar-refractivity contribution in [2.45, 2.75) is 32.2 Å². The summed E-state index contributed by atoms with van der Waals surface area (Å²) in [5, 5.41) is 11.8. The molecule has 1 saturated carbocycles. The molecular weight excluding hydrogens is 245 g/mol. The van der Waals surface area contributed by atoms with Crippen molar-refractivity contribution >= 4 is 5.69 Å². The number of nitrogens with two attached hydrogens (primary N) is 1. The number of nitrogens with zero attached hydrogens (tertiary/aromatic N) is 4. The van der Waals surface area contributed by atoms with Crippen molar-refractivity contribution in [3.8, 4) is 11.4 Å². The quantitative estimate of drug-likeness (QED) is 0.860. The third-order valence-electron chi connectivity index (χ3n) is 3.69. The smallest absolute Gasteiger partial charge is 0.184 e. The molecule has 0 unspecified atom stereocenters. The Bertz CT molecular complexity index is 574. The lowest BCUT2D eigenvalue weighted by Gasteiger charge is -2.11. The van der Waals surface area contributed by atoms with E-state index in [2.05, 4.69) is 15.5 Å². The highest BCUT2D eigenvalue weighted by molar-refractivity contribution is 5.71. The van der Waals surface area contributed by atoms with E-state index in [4.69, 9.17) is 5.73 Å². The molecule has 2 aromatic rings. The number of hydrogen-bond donors (Lipinski definition) is 1. The van der Waals surface area contributed by atoms with Crippen LogP contribution in [-0.4, -0.2) is 20.2 Å². The SMILES string of the molecule is Nc1cc(F)ccc1-c1nnnn1CC1CCCC1. The second kappa shape index (κ2) is 4.95. The van der Waals surface area contributed by atoms with Gasteiger partial charge in [0.1, 0.15) is 5.82 Å². The lowest BCUT2D eigenvalue weighted by atomic mass is 10.1. The molecule has 0 bridgehead atoms. The zero-order valence-electron chi connectivity index (χ0n) is 10.6. The van der Waals surface area contributed by atoms with Gasteiger partial charge in [-0.2, -0.15) is 0 Å². The van der Waals surface area contributed by atoms with Crippen LogP contribution in [0.25, 0.3) is 11.4 Å². The average Bonchev–Trinajstić information content (AvgIpc) is 3.02. The van der Waals surface area contributed by atoms with Crippen LogP contribution in [0.15, 0.2) is 18.2 Å². The Morgan fingerprint density at radius 2 is 2.11 bits per heavy atom. The van der Waals surface area contributed by atoms with Gasteiger partial charge in [-0.1, -0.05) is 12.8 Å². The lowest BCUT2D eigenvalue weighted by Crippen LogP contribution is -2.11. The molecule has 5 nitrogen and oxygen atoms in total. The molecule has 3 rings (SSSR count). The predicted molar refractivity (Wildman–Crippen MR) is 69.6 cm³/mol. The molecule has 6 heteroatoms. The molecule has 0 atom stereocenters. The van der Waals surface area contributed by atoms with Crippen molar-refractivity contribution in [1.29, 1.82) is 0 Å². The number of benzene rings is 1. The number of aromatic nitrogens is 4. The van der Waals surface area contributed by atoms with Gasteiger partial charge in [0.15, 0.2) is 5.82 Å². The summed E-state index contributed by atoms with van der Waals surface area (Å²) in [5.74, 6) is 0.893. The van der Waals surface area contributed by atoms with Crippen molar-refractivity contribution in [2.75, 3.05) is 5.73 Å². The first-order chi connectivity index (χ1) is 9.24. The van der Waals surface area contributed by atoms with E-state index >= 15 is 0 Å². The van der Waals surface area contributed by atoms with E-state index in [0.717, 1.165) is 6.54 Å². The Balaban J connectivity index is 1.90. The molecule has 0 spiro atoms. The van der Waals surface area contributed by atoms with Gasteiger partial charge in [-0.05, 0) is 47.4 Å². The highest BCUT2D eigenvalue weighted by Crippen LogP contribution is 2.29. The molecule has 0 amide bonds. The fraction of sp³-hybridized carbons (Fsp3) is 0.462. The summed E-state index contributed by atoms with van der Waals surface area (Å²) in [4.78, 5) is 0. The van der Waals surface area contributed by atoms with Gasteiger partial charge in [-0.15, -0.1) is 5.10 Å². The van der Waals surface area contributed by atoms with Crippen LogP contribution in [0.3, 0.4) is 0 Å². The fourth-order valence-electron chi connectivity index (χ4n) is 2.70. The van der Waals surface area contributed by atoms with Gasteiger partial charge in [-0.3, -0.25) is 0 Å². The Morgan fingerprint density at radius 3 is 2.84 bits per heavy atom. The third-order valence-corrected chi connectivity index (χ3v) is 3.69. The second-order valence-corrected chi connectivity index (χ2v) is 5.07. The minimum absolute atomic E-state index is 0.351. The number of rotatable bonds is 3. The van der Waals surface area contributed by atoms with Crippen LogP contribution in [0.1, 0.15) is 25.7 Å². The van der Waals surface area contributed by atoms with Crippen molar-refractivity contribution in [2.24, 2.45) is 5.92 Å². The first-order valence-corrected chi connectivity index (χ1v) is 6.55. The number of nitrogen functional groups attached to an aromatic ring is 1. The summed E-state index contributed by atoms with van der Waals surface area (Å²) in [6.45, 7) is 0.805. The number of hydrogen-bond acceptors (Lipinski definition) is 4. The minimum Gasteiger partial charge on any atom is -0.398 e. The highest BCUT2D eigenvalue weighted by atomic mass is 19.1. The molecule has 1 heterocycles. The largest absolute Gasteiger partial charge is 0.398 e. The molecule has 2 N–H and O–H groups in total. The topological polar surface area (TPSA) is 69.6 Å². The van der Waals surface area contributed by atoms with Gasteiger partial charge in [-0.25, -0.2) is 9.07 Å². The highest BCUT2D eigenvalue weighted by Gasteiger charge is 2.19. The van der Waals surface area contributed by atoms with E-state index in [0.29, 0.717) is 23.0 Å². The van der Waals surface area contributed by atoms with Gasteiger partial charge < -0.3 is 5.73 Å². The summed E-state index contributed by atoms with van der Waals surface area (Å²) in [6, 6.07) is 4.30. The summed E-state index contributed by atoms with van der Waals surface area (Å²) >= 11 is 0. The van der Waals surface area contributed by atoms with E-state index in [9.17, 15) is 4.39 Å². The Hall–Kier alpha value is -1.98. The van der Waals surface area contributed by atoms with Crippen molar-refractivity contribution in [1.82, 2.24) is 20.2 Å². The Kier molecular flexibility index (Phi) is 3.15. The fourth-order valence-corrected chi connectivity index (χ4v) is 2.70. The third kappa shape index (κ3) is 2.43. The molecule has 0 radical (unpaired) electrons. The predicted octanol–water partition coefficient (Wildman–Crippen LogP) is 2.25. The maximum atomic E-state index is 13.1. The van der Waals surface area contributed by atoms with Gasteiger partial charge in [0, 0.05) is 17.8 Å². The van der Waals surface area contributed by atoms with Crippen LogP contribution in [-0.2, 0) is 6.54 Å². The summed E-state index contributed by atoms with van der Waals surface area (Å²) < 4.78 is 14.9. The number of halogens is 1. The van der Waals surface area contributed by atoms with Gasteiger partial charge in [0.05, 0.1) is 0 Å². The normalized spacial score (nSPS) is 16.1. The van der Waals surface area contributed by atoms with E-state index < -0.39 is 0 Å². The molecule has 1 fully saturated rings. The van der Waals surface area contributed by atoms with Crippen LogP contribution in [0.5, 0.6) is 0 Å². The summed E-state index contributed by atoms with van der Waals surface area (Å²) in [5.41, 5.74) is 6.89. The molecule has 100 valence electrons. The Labute approximate surface area is 110 Å².